The molecule has 0 aromatic rings. The molecule has 2 N–H and O–H groups in total. The highest BCUT2D eigenvalue weighted by atomic mass is 16.5. The standard InChI is InChI=1S/C6H14N2O2/c1-7-5-6(9)8-3-4-10-2/h7H,3-5H2,1-2H3,(H,8,9). The van der Waals surface area contributed by atoms with Crippen molar-refractivity contribution in [3.05, 3.63) is 0 Å². The van der Waals surface area contributed by atoms with Crippen LogP contribution in [-0.2, 0) is 9.53 Å². The maximum Gasteiger partial charge on any atom is 0.234 e. The Hall–Kier alpha value is -0.610. The maximum absolute atomic E-state index is 10.7. The van der Waals surface area contributed by atoms with Crippen molar-refractivity contribution in [3.8, 4) is 0 Å². The maximum atomic E-state index is 10.7. The van der Waals surface area contributed by atoms with Crippen LogP contribution in [0.5, 0.6) is 0 Å². The normalized spacial score (nSPS) is 9.40. The Bertz CT molecular complexity index is 95.7. The molecule has 0 saturated carbocycles. The van der Waals surface area contributed by atoms with Crippen molar-refractivity contribution in [3.63, 3.8) is 0 Å². The summed E-state index contributed by atoms with van der Waals surface area (Å²) in [4.78, 5) is 10.7. The number of ether oxygens (including phenoxy) is 1. The van der Waals surface area contributed by atoms with Crippen molar-refractivity contribution in [1.29, 1.82) is 0 Å². The highest BCUT2D eigenvalue weighted by molar-refractivity contribution is 5.77. The Morgan fingerprint density at radius 2 is 2.30 bits per heavy atom. The molecule has 0 rings (SSSR count). The topological polar surface area (TPSA) is 50.4 Å². The molecular formula is C6H14N2O2. The van der Waals surface area contributed by atoms with E-state index >= 15 is 0 Å². The van der Waals surface area contributed by atoms with Gasteiger partial charge in [-0.05, 0) is 7.05 Å². The largest absolute Gasteiger partial charge is 0.383 e. The second-order valence-electron chi connectivity index (χ2n) is 1.87. The van der Waals surface area contributed by atoms with Gasteiger partial charge in [0, 0.05) is 13.7 Å². The smallest absolute Gasteiger partial charge is 0.234 e. The molecule has 0 aromatic heterocycles. The number of carbonyl (C=O) groups is 1. The molecule has 0 bridgehead atoms. The van der Waals surface area contributed by atoms with Gasteiger partial charge in [0.05, 0.1) is 13.2 Å². The van der Waals surface area contributed by atoms with E-state index in [0.29, 0.717) is 19.7 Å². The Labute approximate surface area is 60.9 Å². The van der Waals surface area contributed by atoms with Gasteiger partial charge in [-0.15, -0.1) is 0 Å². The van der Waals surface area contributed by atoms with Gasteiger partial charge in [0.15, 0.2) is 0 Å². The minimum Gasteiger partial charge on any atom is -0.383 e. The summed E-state index contributed by atoms with van der Waals surface area (Å²) in [6.07, 6.45) is 0. The minimum atomic E-state index is -0.000417. The molecule has 0 radical (unpaired) electrons. The second-order valence-corrected chi connectivity index (χ2v) is 1.87. The van der Waals surface area contributed by atoms with Crippen molar-refractivity contribution in [2.75, 3.05) is 33.9 Å². The third-order valence-corrected chi connectivity index (χ3v) is 0.966. The number of carbonyl (C=O) groups excluding carboxylic acids is 1. The molecule has 0 fully saturated rings. The zero-order chi connectivity index (χ0) is 7.82. The first-order valence-corrected chi connectivity index (χ1v) is 3.21. The van der Waals surface area contributed by atoms with Gasteiger partial charge in [-0.1, -0.05) is 0 Å². The molecular weight excluding hydrogens is 132 g/mol. The van der Waals surface area contributed by atoms with E-state index in [-0.39, 0.29) is 5.91 Å². The first-order chi connectivity index (χ1) is 4.81. The fourth-order valence-corrected chi connectivity index (χ4v) is 0.516. The SMILES string of the molecule is CNCC(=O)NCCOC. The van der Waals surface area contributed by atoms with Crippen LogP contribution < -0.4 is 10.6 Å². The van der Waals surface area contributed by atoms with Crippen molar-refractivity contribution in [2.45, 2.75) is 0 Å². The average molecular weight is 146 g/mol. The molecule has 0 aliphatic heterocycles. The first kappa shape index (κ1) is 9.39. The monoisotopic (exact) mass is 146 g/mol. The fourth-order valence-electron chi connectivity index (χ4n) is 0.516. The lowest BCUT2D eigenvalue weighted by Crippen LogP contribution is -2.34. The van der Waals surface area contributed by atoms with Gasteiger partial charge in [-0.3, -0.25) is 4.79 Å². The third-order valence-electron chi connectivity index (χ3n) is 0.966. The Balaban J connectivity index is 3.05. The minimum absolute atomic E-state index is 0.000417. The van der Waals surface area contributed by atoms with E-state index in [9.17, 15) is 4.79 Å². The predicted molar refractivity (Wildman–Crippen MR) is 38.8 cm³/mol. The van der Waals surface area contributed by atoms with Crippen LogP contribution in [0.25, 0.3) is 0 Å². The number of rotatable bonds is 5. The molecule has 4 nitrogen and oxygen atoms in total. The average Bonchev–Trinajstić information content (AvgIpc) is 1.89. The van der Waals surface area contributed by atoms with Crippen LogP contribution >= 0.6 is 0 Å². The van der Waals surface area contributed by atoms with Gasteiger partial charge in [0.25, 0.3) is 0 Å². The zero-order valence-electron chi connectivity index (χ0n) is 6.44. The van der Waals surface area contributed by atoms with Crippen molar-refractivity contribution >= 4 is 5.91 Å². The summed E-state index contributed by atoms with van der Waals surface area (Å²) in [7, 11) is 3.33. The number of nitrogens with one attached hydrogen (secondary N) is 2. The third kappa shape index (κ3) is 5.53. The van der Waals surface area contributed by atoms with Gasteiger partial charge in [0.2, 0.25) is 5.91 Å². The molecule has 0 spiro atoms. The number of amides is 1. The summed E-state index contributed by atoms with van der Waals surface area (Å²) in [6.45, 7) is 1.51. The molecule has 0 aromatic carbocycles. The first-order valence-electron chi connectivity index (χ1n) is 3.21. The Morgan fingerprint density at radius 1 is 1.60 bits per heavy atom. The Kier molecular flexibility index (Phi) is 6.11. The van der Waals surface area contributed by atoms with Crippen LogP contribution in [0.1, 0.15) is 0 Å². The summed E-state index contributed by atoms with van der Waals surface area (Å²) in [5.41, 5.74) is 0. The van der Waals surface area contributed by atoms with Gasteiger partial charge in [-0.25, -0.2) is 0 Å². The summed E-state index contributed by atoms with van der Waals surface area (Å²) in [6, 6.07) is 0. The van der Waals surface area contributed by atoms with Crippen LogP contribution in [0, 0.1) is 0 Å². The van der Waals surface area contributed by atoms with E-state index in [1.165, 1.54) is 0 Å². The second kappa shape index (κ2) is 6.51. The van der Waals surface area contributed by atoms with Crippen LogP contribution in [-0.4, -0.2) is 39.8 Å². The number of methoxy groups -OCH3 is 1. The molecule has 60 valence electrons. The van der Waals surface area contributed by atoms with Gasteiger partial charge >= 0.3 is 0 Å². The molecule has 0 unspecified atom stereocenters. The number of hydrogen-bond donors (Lipinski definition) is 2. The fraction of sp³-hybridized carbons (Fsp3) is 0.833. The molecule has 1 amide bonds. The highest BCUT2D eigenvalue weighted by Crippen LogP contribution is 1.65. The van der Waals surface area contributed by atoms with E-state index in [2.05, 4.69) is 10.6 Å². The van der Waals surface area contributed by atoms with Crippen LogP contribution in [0.15, 0.2) is 0 Å². The van der Waals surface area contributed by atoms with Gasteiger partial charge in [0.1, 0.15) is 0 Å². The van der Waals surface area contributed by atoms with Crippen molar-refractivity contribution < 1.29 is 9.53 Å². The molecule has 0 aliphatic rings. The van der Waals surface area contributed by atoms with Crippen LogP contribution in [0.3, 0.4) is 0 Å². The summed E-state index contributed by atoms with van der Waals surface area (Å²) in [5.74, 6) is -0.000417. The van der Waals surface area contributed by atoms with Crippen LogP contribution in [0.4, 0.5) is 0 Å². The van der Waals surface area contributed by atoms with Crippen LogP contribution in [0.2, 0.25) is 0 Å². The summed E-state index contributed by atoms with van der Waals surface area (Å²) in [5, 5.41) is 5.40. The van der Waals surface area contributed by atoms with E-state index in [1.807, 2.05) is 0 Å². The lowest BCUT2D eigenvalue weighted by atomic mass is 10.5. The number of hydrogen-bond acceptors (Lipinski definition) is 3. The molecule has 0 saturated heterocycles. The predicted octanol–water partition coefficient (Wildman–Crippen LogP) is -1.03. The van der Waals surface area contributed by atoms with E-state index in [0.717, 1.165) is 0 Å². The lowest BCUT2D eigenvalue weighted by Gasteiger charge is -2.02. The molecule has 0 aliphatic carbocycles. The summed E-state index contributed by atoms with van der Waals surface area (Å²) >= 11 is 0. The highest BCUT2D eigenvalue weighted by Gasteiger charge is 1.94. The van der Waals surface area contributed by atoms with Crippen molar-refractivity contribution in [2.24, 2.45) is 0 Å². The van der Waals surface area contributed by atoms with Gasteiger partial charge in [-0.2, -0.15) is 0 Å². The summed E-state index contributed by atoms with van der Waals surface area (Å²) < 4.78 is 4.74. The van der Waals surface area contributed by atoms with Gasteiger partial charge < -0.3 is 15.4 Å². The number of likely N-dealkylation sites (N-methyl/N-ethyl adjacent to an activating group) is 1. The van der Waals surface area contributed by atoms with E-state index < -0.39 is 0 Å². The quantitative estimate of drug-likeness (QED) is 0.487. The molecule has 0 atom stereocenters. The van der Waals surface area contributed by atoms with Crippen molar-refractivity contribution in [1.82, 2.24) is 10.6 Å². The molecule has 10 heavy (non-hydrogen) atoms. The van der Waals surface area contributed by atoms with E-state index in [4.69, 9.17) is 4.74 Å². The lowest BCUT2D eigenvalue weighted by molar-refractivity contribution is -0.120. The Morgan fingerprint density at radius 3 is 2.80 bits per heavy atom. The van der Waals surface area contributed by atoms with E-state index in [1.54, 1.807) is 14.2 Å². The molecule has 0 heterocycles. The zero-order valence-corrected chi connectivity index (χ0v) is 6.44. The molecule has 4 heteroatoms.